The second-order valence-corrected chi connectivity index (χ2v) is 6.47. The standard InChI is InChI=1S/C17H18FNOS/c1-12(20)17-9-13(11-21-17)10-19-8-2-3-16(19)14-4-6-15(18)7-5-14/h4-7,9,11,16H,2-3,8,10H2,1H3/t16-/m1/s1. The summed E-state index contributed by atoms with van der Waals surface area (Å²) in [5.41, 5.74) is 2.37. The summed E-state index contributed by atoms with van der Waals surface area (Å²) in [5.74, 6) is -0.0602. The van der Waals surface area contributed by atoms with Crippen molar-refractivity contribution in [1.29, 1.82) is 0 Å². The van der Waals surface area contributed by atoms with Crippen molar-refractivity contribution in [3.63, 3.8) is 0 Å². The van der Waals surface area contributed by atoms with Gasteiger partial charge in [0, 0.05) is 12.6 Å². The van der Waals surface area contributed by atoms with Gasteiger partial charge < -0.3 is 0 Å². The Kier molecular flexibility index (Phi) is 4.17. The zero-order valence-corrected chi connectivity index (χ0v) is 12.8. The summed E-state index contributed by atoms with van der Waals surface area (Å²) in [6, 6.07) is 9.17. The number of halogens is 1. The van der Waals surface area contributed by atoms with Crippen molar-refractivity contribution < 1.29 is 9.18 Å². The van der Waals surface area contributed by atoms with E-state index in [9.17, 15) is 9.18 Å². The summed E-state index contributed by atoms with van der Waals surface area (Å²) in [7, 11) is 0. The van der Waals surface area contributed by atoms with Gasteiger partial charge in [0.25, 0.3) is 0 Å². The molecule has 1 aromatic carbocycles. The smallest absolute Gasteiger partial charge is 0.169 e. The minimum Gasteiger partial charge on any atom is -0.294 e. The van der Waals surface area contributed by atoms with E-state index in [-0.39, 0.29) is 11.6 Å². The van der Waals surface area contributed by atoms with Gasteiger partial charge in [0.05, 0.1) is 4.88 Å². The fourth-order valence-corrected chi connectivity index (χ4v) is 3.76. The minimum absolute atomic E-state index is 0.128. The number of benzene rings is 1. The van der Waals surface area contributed by atoms with Crippen LogP contribution in [0.1, 0.15) is 46.6 Å². The Morgan fingerprint density at radius 3 is 2.81 bits per heavy atom. The molecule has 1 fully saturated rings. The number of likely N-dealkylation sites (tertiary alicyclic amines) is 1. The molecular weight excluding hydrogens is 285 g/mol. The lowest BCUT2D eigenvalue weighted by molar-refractivity contribution is 0.102. The quantitative estimate of drug-likeness (QED) is 0.779. The Hall–Kier alpha value is -1.52. The molecule has 2 nitrogen and oxygen atoms in total. The van der Waals surface area contributed by atoms with Gasteiger partial charge in [-0.25, -0.2) is 4.39 Å². The molecule has 0 N–H and O–H groups in total. The van der Waals surface area contributed by atoms with Gasteiger partial charge in [0.15, 0.2) is 5.78 Å². The number of ketones is 1. The largest absolute Gasteiger partial charge is 0.294 e. The molecule has 0 spiro atoms. The molecule has 1 atom stereocenters. The molecule has 4 heteroatoms. The minimum atomic E-state index is -0.188. The molecule has 1 aromatic heterocycles. The van der Waals surface area contributed by atoms with Crippen molar-refractivity contribution >= 4 is 17.1 Å². The SMILES string of the molecule is CC(=O)c1cc(CN2CCC[C@@H]2c2ccc(F)cc2)cs1. The second kappa shape index (κ2) is 6.08. The van der Waals surface area contributed by atoms with Crippen LogP contribution in [0.3, 0.4) is 0 Å². The van der Waals surface area contributed by atoms with Crippen molar-refractivity contribution in [3.8, 4) is 0 Å². The average Bonchev–Trinajstić information content (AvgIpc) is 3.10. The highest BCUT2D eigenvalue weighted by Gasteiger charge is 2.26. The molecule has 0 radical (unpaired) electrons. The normalized spacial score (nSPS) is 19.0. The van der Waals surface area contributed by atoms with Crippen molar-refractivity contribution in [3.05, 3.63) is 57.5 Å². The van der Waals surface area contributed by atoms with Gasteiger partial charge >= 0.3 is 0 Å². The first-order valence-electron chi connectivity index (χ1n) is 7.21. The molecule has 21 heavy (non-hydrogen) atoms. The van der Waals surface area contributed by atoms with E-state index in [2.05, 4.69) is 10.3 Å². The molecule has 0 amide bonds. The van der Waals surface area contributed by atoms with Crippen LogP contribution in [0.5, 0.6) is 0 Å². The molecular formula is C17H18FNOS. The number of rotatable bonds is 4. The number of hydrogen-bond acceptors (Lipinski definition) is 3. The number of Topliss-reactive ketones (excluding diaryl/α,β-unsaturated/α-hetero) is 1. The first kappa shape index (κ1) is 14.4. The van der Waals surface area contributed by atoms with Gasteiger partial charge in [-0.15, -0.1) is 11.3 Å². The lowest BCUT2D eigenvalue weighted by Crippen LogP contribution is -2.22. The van der Waals surface area contributed by atoms with Crippen molar-refractivity contribution in [2.45, 2.75) is 32.4 Å². The van der Waals surface area contributed by atoms with E-state index in [1.165, 1.54) is 34.6 Å². The molecule has 1 aliphatic rings. The molecule has 1 saturated heterocycles. The zero-order valence-electron chi connectivity index (χ0n) is 12.0. The molecule has 3 rings (SSSR count). The molecule has 0 bridgehead atoms. The van der Waals surface area contributed by atoms with Crippen molar-refractivity contribution in [2.75, 3.05) is 6.54 Å². The van der Waals surface area contributed by atoms with E-state index in [1.807, 2.05) is 18.2 Å². The molecule has 2 aromatic rings. The van der Waals surface area contributed by atoms with E-state index in [1.54, 1.807) is 6.92 Å². The lowest BCUT2D eigenvalue weighted by atomic mass is 10.0. The highest BCUT2D eigenvalue weighted by atomic mass is 32.1. The average molecular weight is 303 g/mol. The predicted molar refractivity (Wildman–Crippen MR) is 83.1 cm³/mol. The Morgan fingerprint density at radius 2 is 2.14 bits per heavy atom. The number of carbonyl (C=O) groups is 1. The topological polar surface area (TPSA) is 20.3 Å². The summed E-state index contributed by atoms with van der Waals surface area (Å²) >= 11 is 1.51. The third kappa shape index (κ3) is 3.22. The molecule has 110 valence electrons. The fourth-order valence-electron chi connectivity index (χ4n) is 2.96. The maximum absolute atomic E-state index is 13.1. The van der Waals surface area contributed by atoms with E-state index < -0.39 is 0 Å². The number of hydrogen-bond donors (Lipinski definition) is 0. The van der Waals surface area contributed by atoms with Gasteiger partial charge in [0.2, 0.25) is 0 Å². The first-order valence-corrected chi connectivity index (χ1v) is 8.09. The van der Waals surface area contributed by atoms with Gasteiger partial charge in [-0.1, -0.05) is 12.1 Å². The van der Waals surface area contributed by atoms with E-state index >= 15 is 0 Å². The van der Waals surface area contributed by atoms with Crippen LogP contribution < -0.4 is 0 Å². The summed E-state index contributed by atoms with van der Waals surface area (Å²) in [4.78, 5) is 14.6. The number of carbonyl (C=O) groups excluding carboxylic acids is 1. The van der Waals surface area contributed by atoms with Gasteiger partial charge in [-0.3, -0.25) is 9.69 Å². The van der Waals surface area contributed by atoms with Crippen LogP contribution in [0, 0.1) is 5.82 Å². The van der Waals surface area contributed by atoms with Gasteiger partial charge in [0.1, 0.15) is 5.82 Å². The highest BCUT2D eigenvalue weighted by molar-refractivity contribution is 7.12. The molecule has 0 unspecified atom stereocenters. The molecule has 0 aliphatic carbocycles. The summed E-state index contributed by atoms with van der Waals surface area (Å²) < 4.78 is 13.1. The van der Waals surface area contributed by atoms with Crippen molar-refractivity contribution in [1.82, 2.24) is 4.90 Å². The Bertz CT molecular complexity index is 634. The monoisotopic (exact) mass is 303 g/mol. The van der Waals surface area contributed by atoms with Crippen LogP contribution in [-0.2, 0) is 6.54 Å². The summed E-state index contributed by atoms with van der Waals surface area (Å²) in [5, 5.41) is 2.07. The Labute approximate surface area is 128 Å². The van der Waals surface area contributed by atoms with Crippen LogP contribution in [0.4, 0.5) is 4.39 Å². The maximum Gasteiger partial charge on any atom is 0.169 e. The highest BCUT2D eigenvalue weighted by Crippen LogP contribution is 2.33. The second-order valence-electron chi connectivity index (χ2n) is 5.56. The number of nitrogens with zero attached hydrogens (tertiary/aromatic N) is 1. The van der Waals surface area contributed by atoms with Crippen LogP contribution >= 0.6 is 11.3 Å². The Morgan fingerprint density at radius 1 is 1.38 bits per heavy atom. The van der Waals surface area contributed by atoms with Crippen LogP contribution in [0.15, 0.2) is 35.7 Å². The van der Waals surface area contributed by atoms with E-state index in [4.69, 9.17) is 0 Å². The molecule has 0 saturated carbocycles. The third-order valence-electron chi connectivity index (χ3n) is 4.00. The maximum atomic E-state index is 13.1. The summed E-state index contributed by atoms with van der Waals surface area (Å²) in [6.45, 7) is 3.51. The van der Waals surface area contributed by atoms with Crippen LogP contribution in [0.2, 0.25) is 0 Å². The summed E-state index contributed by atoms with van der Waals surface area (Å²) in [6.07, 6.45) is 2.26. The molecule has 2 heterocycles. The molecule has 1 aliphatic heterocycles. The predicted octanol–water partition coefficient (Wildman–Crippen LogP) is 4.43. The van der Waals surface area contributed by atoms with Crippen molar-refractivity contribution in [2.24, 2.45) is 0 Å². The van der Waals surface area contributed by atoms with Gasteiger partial charge in [-0.2, -0.15) is 0 Å². The van der Waals surface area contributed by atoms with Gasteiger partial charge in [-0.05, 0) is 61.0 Å². The fraction of sp³-hybridized carbons (Fsp3) is 0.353. The van der Waals surface area contributed by atoms with E-state index in [0.29, 0.717) is 6.04 Å². The lowest BCUT2D eigenvalue weighted by Gasteiger charge is -2.24. The third-order valence-corrected chi connectivity index (χ3v) is 5.08. The number of thiophene rings is 1. The Balaban J connectivity index is 1.74. The zero-order chi connectivity index (χ0) is 14.8. The van der Waals surface area contributed by atoms with Crippen LogP contribution in [0.25, 0.3) is 0 Å². The first-order chi connectivity index (χ1) is 10.1. The van der Waals surface area contributed by atoms with Crippen LogP contribution in [-0.4, -0.2) is 17.2 Å². The van der Waals surface area contributed by atoms with E-state index in [0.717, 1.165) is 30.8 Å².